The number of nitrogens with zero attached hydrogens (tertiary/aromatic N) is 2. The molecule has 2 heterocycles. The van der Waals surface area contributed by atoms with Crippen LogP contribution in [0.15, 0.2) is 47.6 Å². The lowest BCUT2D eigenvalue weighted by Crippen LogP contribution is -2.31. The molecule has 1 aromatic carbocycles. The summed E-state index contributed by atoms with van der Waals surface area (Å²) in [5, 5.41) is 10.6. The first-order valence-corrected chi connectivity index (χ1v) is 8.82. The van der Waals surface area contributed by atoms with Gasteiger partial charge in [0.2, 0.25) is 11.8 Å². The van der Waals surface area contributed by atoms with Crippen LogP contribution in [0.2, 0.25) is 0 Å². The van der Waals surface area contributed by atoms with E-state index in [-0.39, 0.29) is 22.9 Å². The molecule has 7 nitrogen and oxygen atoms in total. The van der Waals surface area contributed by atoms with E-state index in [1.165, 1.54) is 18.3 Å². The van der Waals surface area contributed by atoms with Gasteiger partial charge < -0.3 is 14.6 Å². The number of rotatable bonds is 6. The Labute approximate surface area is 154 Å². The van der Waals surface area contributed by atoms with Crippen molar-refractivity contribution in [1.82, 2.24) is 4.98 Å². The molecular weight excluding hydrogens is 356 g/mol. The SMILES string of the molecule is CCOc1ccc(N2C(=O)C[C@@H](Sc3ncccc3C(=O)[O-])C2=O)cc1. The maximum atomic E-state index is 12.7. The number of carbonyl (C=O) groups excluding carboxylic acids is 3. The number of pyridine rings is 1. The zero-order valence-electron chi connectivity index (χ0n) is 13.9. The van der Waals surface area contributed by atoms with Gasteiger partial charge in [0.15, 0.2) is 0 Å². The molecule has 1 atom stereocenters. The molecule has 0 spiro atoms. The molecule has 2 amide bonds. The molecule has 3 rings (SSSR count). The predicted molar refractivity (Wildman–Crippen MR) is 92.9 cm³/mol. The molecule has 0 bridgehead atoms. The van der Waals surface area contributed by atoms with Gasteiger partial charge in [-0.3, -0.25) is 9.59 Å². The topological polar surface area (TPSA) is 99.6 Å². The number of thioether (sulfide) groups is 1. The summed E-state index contributed by atoms with van der Waals surface area (Å²) in [5.41, 5.74) is 0.352. The highest BCUT2D eigenvalue weighted by atomic mass is 32.2. The Kier molecular flexibility index (Phi) is 5.22. The molecule has 134 valence electrons. The smallest absolute Gasteiger partial charge is 0.247 e. The number of imide groups is 1. The molecule has 1 fully saturated rings. The first-order valence-electron chi connectivity index (χ1n) is 7.94. The monoisotopic (exact) mass is 371 g/mol. The largest absolute Gasteiger partial charge is 0.545 e. The second-order valence-corrected chi connectivity index (χ2v) is 6.64. The highest BCUT2D eigenvalue weighted by Crippen LogP contribution is 2.34. The number of carboxylic acid groups (broad SMARTS) is 1. The zero-order chi connectivity index (χ0) is 18.7. The minimum absolute atomic E-state index is 0.0280. The number of benzene rings is 1. The van der Waals surface area contributed by atoms with Crippen molar-refractivity contribution in [2.45, 2.75) is 23.6 Å². The number of aromatic nitrogens is 1. The molecule has 0 unspecified atom stereocenters. The van der Waals surface area contributed by atoms with E-state index >= 15 is 0 Å². The van der Waals surface area contributed by atoms with Gasteiger partial charge in [-0.2, -0.15) is 0 Å². The van der Waals surface area contributed by atoms with Crippen LogP contribution in [0.5, 0.6) is 5.75 Å². The average Bonchev–Trinajstić information content (AvgIpc) is 2.90. The van der Waals surface area contributed by atoms with Gasteiger partial charge in [-0.05, 0) is 43.3 Å². The second kappa shape index (κ2) is 7.57. The van der Waals surface area contributed by atoms with E-state index in [0.29, 0.717) is 18.0 Å². The molecule has 8 heteroatoms. The van der Waals surface area contributed by atoms with Crippen LogP contribution in [0.4, 0.5) is 5.69 Å². The Morgan fingerprint density at radius 2 is 2.04 bits per heavy atom. The lowest BCUT2D eigenvalue weighted by Gasteiger charge is -2.16. The second-order valence-electron chi connectivity index (χ2n) is 5.45. The van der Waals surface area contributed by atoms with E-state index in [1.807, 2.05) is 6.92 Å². The molecule has 2 aromatic rings. The zero-order valence-corrected chi connectivity index (χ0v) is 14.7. The summed E-state index contributed by atoms with van der Waals surface area (Å²) in [6.07, 6.45) is 1.40. The van der Waals surface area contributed by atoms with Crippen LogP contribution in [-0.2, 0) is 9.59 Å². The summed E-state index contributed by atoms with van der Waals surface area (Å²) in [4.78, 5) is 41.3. The summed E-state index contributed by atoms with van der Waals surface area (Å²) < 4.78 is 5.35. The molecular formula is C18H15N2O5S-. The summed E-state index contributed by atoms with van der Waals surface area (Å²) in [6.45, 7) is 2.38. The van der Waals surface area contributed by atoms with Gasteiger partial charge in [0.1, 0.15) is 10.8 Å². The standard InChI is InChI=1S/C18H16N2O5S/c1-2-25-12-7-5-11(6-8-12)20-15(21)10-14(17(20)22)26-16-13(18(23)24)4-3-9-19-16/h3-9,14H,2,10H2,1H3,(H,23,24)/p-1/t14-/m1/s1. The maximum Gasteiger partial charge on any atom is 0.247 e. The maximum absolute atomic E-state index is 12.7. The Balaban J connectivity index is 1.80. The molecule has 1 saturated heterocycles. The van der Waals surface area contributed by atoms with Crippen molar-refractivity contribution in [2.24, 2.45) is 0 Å². The minimum Gasteiger partial charge on any atom is -0.545 e. The molecule has 1 aliphatic rings. The lowest BCUT2D eigenvalue weighted by atomic mass is 10.3. The first kappa shape index (κ1) is 17.9. The molecule has 0 aliphatic carbocycles. The van der Waals surface area contributed by atoms with Crippen LogP contribution < -0.4 is 14.7 Å². The molecule has 26 heavy (non-hydrogen) atoms. The third-order valence-corrected chi connectivity index (χ3v) is 4.96. The fourth-order valence-corrected chi connectivity index (χ4v) is 3.70. The summed E-state index contributed by atoms with van der Waals surface area (Å²) >= 11 is 0.959. The van der Waals surface area contributed by atoms with Crippen molar-refractivity contribution in [1.29, 1.82) is 0 Å². The molecule has 1 aliphatic heterocycles. The fraction of sp³-hybridized carbons (Fsp3) is 0.222. The van der Waals surface area contributed by atoms with Crippen molar-refractivity contribution < 1.29 is 24.2 Å². The minimum atomic E-state index is -1.37. The number of aromatic carboxylic acids is 1. The van der Waals surface area contributed by atoms with Gasteiger partial charge in [0, 0.05) is 18.2 Å². The number of anilines is 1. The van der Waals surface area contributed by atoms with E-state index in [2.05, 4.69) is 4.98 Å². The van der Waals surface area contributed by atoms with Gasteiger partial charge in [0.25, 0.3) is 0 Å². The van der Waals surface area contributed by atoms with Crippen LogP contribution in [0.25, 0.3) is 0 Å². The van der Waals surface area contributed by atoms with E-state index < -0.39 is 17.1 Å². The number of amides is 2. The quantitative estimate of drug-likeness (QED) is 0.705. The number of ether oxygens (including phenoxy) is 1. The van der Waals surface area contributed by atoms with Crippen molar-refractivity contribution in [3.05, 3.63) is 48.2 Å². The van der Waals surface area contributed by atoms with E-state index in [0.717, 1.165) is 16.7 Å². The van der Waals surface area contributed by atoms with Crippen molar-refractivity contribution >= 4 is 35.2 Å². The summed E-state index contributed by atoms with van der Waals surface area (Å²) in [5.74, 6) is -1.48. The van der Waals surface area contributed by atoms with Gasteiger partial charge in [-0.25, -0.2) is 9.88 Å². The Hall–Kier alpha value is -2.87. The van der Waals surface area contributed by atoms with Crippen LogP contribution >= 0.6 is 11.8 Å². The molecule has 0 N–H and O–H groups in total. The molecule has 1 aromatic heterocycles. The number of carbonyl (C=O) groups is 3. The summed E-state index contributed by atoms with van der Waals surface area (Å²) in [7, 11) is 0. The Bertz CT molecular complexity index is 853. The van der Waals surface area contributed by atoms with E-state index in [1.54, 1.807) is 24.3 Å². The molecule has 0 saturated carbocycles. The van der Waals surface area contributed by atoms with Crippen LogP contribution in [0, 0.1) is 0 Å². The normalized spacial score (nSPS) is 16.8. The van der Waals surface area contributed by atoms with Crippen molar-refractivity contribution in [2.75, 3.05) is 11.5 Å². The van der Waals surface area contributed by atoms with E-state index in [4.69, 9.17) is 4.74 Å². The Morgan fingerprint density at radius 3 is 2.69 bits per heavy atom. The number of hydrogen-bond donors (Lipinski definition) is 0. The van der Waals surface area contributed by atoms with Gasteiger partial charge in [-0.15, -0.1) is 0 Å². The number of hydrogen-bond acceptors (Lipinski definition) is 7. The van der Waals surface area contributed by atoms with E-state index in [9.17, 15) is 19.5 Å². The molecule has 0 radical (unpaired) electrons. The fourth-order valence-electron chi connectivity index (χ4n) is 2.60. The van der Waals surface area contributed by atoms with Gasteiger partial charge in [-0.1, -0.05) is 11.8 Å². The predicted octanol–water partition coefficient (Wildman–Crippen LogP) is 1.27. The third-order valence-electron chi connectivity index (χ3n) is 3.76. The highest BCUT2D eigenvalue weighted by molar-refractivity contribution is 8.00. The Morgan fingerprint density at radius 1 is 1.31 bits per heavy atom. The van der Waals surface area contributed by atoms with Gasteiger partial charge >= 0.3 is 0 Å². The van der Waals surface area contributed by atoms with Crippen LogP contribution in [0.1, 0.15) is 23.7 Å². The van der Waals surface area contributed by atoms with Crippen molar-refractivity contribution in [3.8, 4) is 5.75 Å². The highest BCUT2D eigenvalue weighted by Gasteiger charge is 2.40. The lowest BCUT2D eigenvalue weighted by molar-refractivity contribution is -0.255. The van der Waals surface area contributed by atoms with Crippen molar-refractivity contribution in [3.63, 3.8) is 0 Å². The third kappa shape index (κ3) is 3.55. The summed E-state index contributed by atoms with van der Waals surface area (Å²) in [6, 6.07) is 9.49. The van der Waals surface area contributed by atoms with Crippen LogP contribution in [-0.4, -0.2) is 34.6 Å². The van der Waals surface area contributed by atoms with Gasteiger partial charge in [0.05, 0.1) is 23.5 Å². The average molecular weight is 371 g/mol. The van der Waals surface area contributed by atoms with Crippen LogP contribution in [0.3, 0.4) is 0 Å². The number of carboxylic acids is 1. The first-order chi connectivity index (χ1) is 12.5.